The van der Waals surface area contributed by atoms with Crippen LogP contribution < -0.4 is 20.5 Å². The number of amides is 1. The summed E-state index contributed by atoms with van der Waals surface area (Å²) in [6, 6.07) is 7.54. The number of halogens is 2. The highest BCUT2D eigenvalue weighted by atomic mass is 19.3. The lowest BCUT2D eigenvalue weighted by Crippen LogP contribution is -2.92. The lowest BCUT2D eigenvalue weighted by molar-refractivity contribution is -0.698. The van der Waals surface area contributed by atoms with Crippen molar-refractivity contribution >= 4 is 17.6 Å². The fourth-order valence-electron chi connectivity index (χ4n) is 2.08. The van der Waals surface area contributed by atoms with Crippen molar-refractivity contribution in [2.24, 2.45) is 0 Å². The van der Waals surface area contributed by atoms with Crippen LogP contribution in [0.5, 0.6) is 5.75 Å². The molecule has 0 aliphatic rings. The van der Waals surface area contributed by atoms with E-state index in [4.69, 9.17) is 4.42 Å². The van der Waals surface area contributed by atoms with E-state index >= 15 is 0 Å². The van der Waals surface area contributed by atoms with Gasteiger partial charge in [-0.3, -0.25) is 4.79 Å². The number of rotatable bonds is 9. The third-order valence-electron chi connectivity index (χ3n) is 3.25. The van der Waals surface area contributed by atoms with Crippen molar-refractivity contribution in [3.05, 3.63) is 48.4 Å². The number of aliphatic carboxylic acids is 1. The van der Waals surface area contributed by atoms with Crippen molar-refractivity contribution in [1.29, 1.82) is 0 Å². The van der Waals surface area contributed by atoms with Crippen LogP contribution in [0.3, 0.4) is 0 Å². The highest BCUT2D eigenvalue weighted by Crippen LogP contribution is 2.17. The van der Waals surface area contributed by atoms with Gasteiger partial charge >= 0.3 is 6.61 Å². The number of carboxylic acids is 1. The molecule has 2 rings (SSSR count). The number of furan rings is 1. The van der Waals surface area contributed by atoms with Crippen molar-refractivity contribution in [3.8, 4) is 5.75 Å². The molecular weight excluding hydrogens is 338 g/mol. The lowest BCUT2D eigenvalue weighted by atomic mass is 10.2. The highest BCUT2D eigenvalue weighted by molar-refractivity contribution is 5.93. The molecule has 0 aliphatic heterocycles. The van der Waals surface area contributed by atoms with E-state index in [9.17, 15) is 23.5 Å². The number of carbonyl (C=O) groups excluding carboxylic acids is 2. The molecule has 1 aromatic heterocycles. The Balaban J connectivity index is 1.86. The fourth-order valence-corrected chi connectivity index (χ4v) is 2.08. The molecule has 0 bridgehead atoms. The van der Waals surface area contributed by atoms with Crippen molar-refractivity contribution in [2.45, 2.75) is 25.6 Å². The first-order chi connectivity index (χ1) is 11.9. The second-order valence-corrected chi connectivity index (χ2v) is 5.10. The number of hydrogen-bond donors (Lipinski definition) is 2. The van der Waals surface area contributed by atoms with Crippen molar-refractivity contribution in [2.75, 3.05) is 5.32 Å². The van der Waals surface area contributed by atoms with Crippen LogP contribution in [-0.4, -0.2) is 24.5 Å². The maximum Gasteiger partial charge on any atom is 0.387 e. The molecule has 1 atom stereocenters. The Morgan fingerprint density at radius 1 is 1.24 bits per heavy atom. The summed E-state index contributed by atoms with van der Waals surface area (Å²) in [6.07, 6.45) is 1.14. The standard InChI is InChI=1S/C16H16F2N2O5/c17-16(18)25-11-5-3-10(4-6-11)20-14(21)8-13(15(22)23)19-9-12-2-1-7-24-12/h1-7,13,16,19H,8-9H2,(H,20,21)(H,22,23)/t13-/m1/s1. The van der Waals surface area contributed by atoms with Gasteiger partial charge in [-0.2, -0.15) is 8.78 Å². The van der Waals surface area contributed by atoms with Crippen LogP contribution in [0, 0.1) is 0 Å². The number of benzene rings is 1. The molecule has 0 saturated heterocycles. The van der Waals surface area contributed by atoms with E-state index in [0.717, 1.165) is 0 Å². The Bertz CT molecular complexity index is 689. The van der Waals surface area contributed by atoms with Gasteiger partial charge in [-0.05, 0) is 36.4 Å². The Kier molecular flexibility index (Phi) is 6.47. The monoisotopic (exact) mass is 354 g/mol. The molecule has 0 spiro atoms. The molecule has 3 N–H and O–H groups in total. The van der Waals surface area contributed by atoms with Crippen LogP contribution in [0.4, 0.5) is 14.5 Å². The van der Waals surface area contributed by atoms with Gasteiger partial charge in [-0.25, -0.2) is 0 Å². The second kappa shape index (κ2) is 8.78. The van der Waals surface area contributed by atoms with E-state index in [0.29, 0.717) is 11.4 Å². The summed E-state index contributed by atoms with van der Waals surface area (Å²) in [6.45, 7) is -2.69. The van der Waals surface area contributed by atoms with Gasteiger partial charge in [0.25, 0.3) is 0 Å². The summed E-state index contributed by atoms with van der Waals surface area (Å²) in [7, 11) is 0. The number of alkyl halides is 2. The molecule has 1 aromatic carbocycles. The average Bonchev–Trinajstić information content (AvgIpc) is 3.06. The van der Waals surface area contributed by atoms with E-state index in [1.807, 2.05) is 0 Å². The number of quaternary nitrogens is 1. The van der Waals surface area contributed by atoms with Crippen LogP contribution in [-0.2, 0) is 16.1 Å². The summed E-state index contributed by atoms with van der Waals surface area (Å²) in [4.78, 5) is 23.1. The van der Waals surface area contributed by atoms with Crippen LogP contribution in [0.2, 0.25) is 0 Å². The normalized spacial score (nSPS) is 12.0. The molecule has 2 aromatic rings. The van der Waals surface area contributed by atoms with Gasteiger partial charge in [0.15, 0.2) is 5.76 Å². The predicted octanol–water partition coefficient (Wildman–Crippen LogP) is 0.0917. The smallest absolute Gasteiger partial charge is 0.387 e. The first kappa shape index (κ1) is 18.4. The summed E-state index contributed by atoms with van der Waals surface area (Å²) in [5.41, 5.74) is 0.328. The van der Waals surface area contributed by atoms with Gasteiger partial charge in [-0.1, -0.05) is 0 Å². The second-order valence-electron chi connectivity index (χ2n) is 5.10. The number of nitrogens with two attached hydrogens (primary N) is 1. The van der Waals surface area contributed by atoms with E-state index < -0.39 is 24.5 Å². The van der Waals surface area contributed by atoms with Crippen LogP contribution in [0.1, 0.15) is 12.2 Å². The molecule has 25 heavy (non-hydrogen) atoms. The van der Waals surface area contributed by atoms with Gasteiger partial charge in [0.05, 0.1) is 18.7 Å². The first-order valence-corrected chi connectivity index (χ1v) is 7.35. The zero-order valence-electron chi connectivity index (χ0n) is 13.0. The Labute approximate surface area is 141 Å². The largest absolute Gasteiger partial charge is 0.544 e. The topological polar surface area (TPSA) is 108 Å². The predicted molar refractivity (Wildman–Crippen MR) is 79.5 cm³/mol. The molecule has 9 heteroatoms. The summed E-state index contributed by atoms with van der Waals surface area (Å²) >= 11 is 0. The zero-order valence-corrected chi connectivity index (χ0v) is 13.0. The molecule has 134 valence electrons. The minimum absolute atomic E-state index is 0.0487. The number of ether oxygens (including phenoxy) is 1. The number of hydrogen-bond acceptors (Lipinski definition) is 5. The summed E-state index contributed by atoms with van der Waals surface area (Å²) in [5, 5.41) is 15.1. The molecule has 1 heterocycles. The minimum atomic E-state index is -2.94. The van der Waals surface area contributed by atoms with E-state index in [-0.39, 0.29) is 18.7 Å². The first-order valence-electron chi connectivity index (χ1n) is 7.35. The number of carbonyl (C=O) groups is 2. The van der Waals surface area contributed by atoms with E-state index in [1.165, 1.54) is 35.8 Å². The molecule has 0 saturated carbocycles. The molecule has 0 unspecified atom stereocenters. The Morgan fingerprint density at radius 2 is 1.96 bits per heavy atom. The third-order valence-corrected chi connectivity index (χ3v) is 3.25. The van der Waals surface area contributed by atoms with E-state index in [1.54, 1.807) is 12.1 Å². The SMILES string of the molecule is O=C(C[C@@H]([NH2+]Cc1ccco1)C(=O)[O-])Nc1ccc(OC(F)F)cc1. The summed E-state index contributed by atoms with van der Waals surface area (Å²) < 4.78 is 33.4. The van der Waals surface area contributed by atoms with Crippen LogP contribution in [0.15, 0.2) is 47.1 Å². The number of anilines is 1. The highest BCUT2D eigenvalue weighted by Gasteiger charge is 2.19. The maximum atomic E-state index is 12.1. The quantitative estimate of drug-likeness (QED) is 0.664. The Hall–Kier alpha value is -2.94. The van der Waals surface area contributed by atoms with Gasteiger partial charge in [0.1, 0.15) is 18.3 Å². The van der Waals surface area contributed by atoms with Crippen molar-refractivity contribution in [1.82, 2.24) is 0 Å². The molecule has 1 amide bonds. The molecule has 0 fully saturated rings. The number of nitrogens with one attached hydrogen (secondary N) is 1. The third kappa shape index (κ3) is 6.22. The number of carboxylic acid groups (broad SMARTS) is 1. The molecule has 0 radical (unpaired) electrons. The molecule has 7 nitrogen and oxygen atoms in total. The van der Waals surface area contributed by atoms with Gasteiger partial charge in [-0.15, -0.1) is 0 Å². The lowest BCUT2D eigenvalue weighted by Gasteiger charge is -2.16. The average molecular weight is 354 g/mol. The van der Waals surface area contributed by atoms with Gasteiger partial charge < -0.3 is 29.7 Å². The minimum Gasteiger partial charge on any atom is -0.544 e. The molecule has 0 aliphatic carbocycles. The maximum absolute atomic E-state index is 12.1. The zero-order chi connectivity index (χ0) is 18.2. The fraction of sp³-hybridized carbons (Fsp3) is 0.250. The summed E-state index contributed by atoms with van der Waals surface area (Å²) in [5.74, 6) is -1.40. The Morgan fingerprint density at radius 3 is 2.52 bits per heavy atom. The van der Waals surface area contributed by atoms with Crippen LogP contribution in [0.25, 0.3) is 0 Å². The molecular formula is C16H16F2N2O5. The van der Waals surface area contributed by atoms with Crippen molar-refractivity contribution < 1.29 is 37.9 Å². The van der Waals surface area contributed by atoms with Crippen molar-refractivity contribution in [3.63, 3.8) is 0 Å². The van der Waals surface area contributed by atoms with Crippen LogP contribution >= 0.6 is 0 Å². The van der Waals surface area contributed by atoms with E-state index in [2.05, 4.69) is 10.1 Å². The van der Waals surface area contributed by atoms with Gasteiger partial charge in [0, 0.05) is 5.69 Å². The van der Waals surface area contributed by atoms with Gasteiger partial charge in [0.2, 0.25) is 5.91 Å².